The second kappa shape index (κ2) is 7.37. The molecule has 4 aromatic rings. The van der Waals surface area contributed by atoms with E-state index >= 15 is 0 Å². The fourth-order valence-corrected chi connectivity index (χ4v) is 5.46. The van der Waals surface area contributed by atoms with Gasteiger partial charge in [-0.3, -0.25) is 4.79 Å². The molecule has 2 aliphatic heterocycles. The van der Waals surface area contributed by atoms with Crippen molar-refractivity contribution in [1.82, 2.24) is 19.9 Å². The van der Waals surface area contributed by atoms with Gasteiger partial charge in [0.2, 0.25) is 11.7 Å². The van der Waals surface area contributed by atoms with E-state index in [4.69, 9.17) is 4.42 Å². The van der Waals surface area contributed by atoms with Gasteiger partial charge in [-0.2, -0.15) is 4.98 Å². The lowest BCUT2D eigenvalue weighted by Gasteiger charge is -2.23. The van der Waals surface area contributed by atoms with E-state index in [-0.39, 0.29) is 11.5 Å². The third-order valence-corrected chi connectivity index (χ3v) is 7.08. The predicted octanol–water partition coefficient (Wildman–Crippen LogP) is 4.00. The van der Waals surface area contributed by atoms with E-state index in [0.717, 1.165) is 24.2 Å². The lowest BCUT2D eigenvalue weighted by Crippen LogP contribution is -2.34. The van der Waals surface area contributed by atoms with Crippen LogP contribution in [0.2, 0.25) is 0 Å². The Morgan fingerprint density at radius 2 is 1.97 bits per heavy atom. The molecule has 0 N–H and O–H groups in total. The number of thiazole rings is 1. The van der Waals surface area contributed by atoms with E-state index in [0.29, 0.717) is 47.8 Å². The molecule has 0 bridgehead atoms. The number of furan rings is 1. The highest BCUT2D eigenvalue weighted by molar-refractivity contribution is 7.07. The Labute approximate surface area is 187 Å². The van der Waals surface area contributed by atoms with Crippen LogP contribution in [0.5, 0.6) is 0 Å². The van der Waals surface area contributed by atoms with Gasteiger partial charge in [0.1, 0.15) is 5.82 Å². The number of aromatic nitrogens is 3. The Hall–Kier alpha value is -3.33. The molecule has 162 valence electrons. The standard InChI is InChI=1S/C23H20FN5O2S/c1-13-16-5-6-31-21(16)27-23(26-13)29-9-14-7-28(8-15(14)10-29)22(30)20-17(3-2-4-18(20)24)19-11-32-12-25-19/h2-6,11-12,14-15H,7-10H2,1H3/t14-,15+. The van der Waals surface area contributed by atoms with Crippen molar-refractivity contribution in [3.63, 3.8) is 0 Å². The quantitative estimate of drug-likeness (QED) is 0.471. The number of halogens is 1. The summed E-state index contributed by atoms with van der Waals surface area (Å²) in [6.45, 7) is 4.65. The van der Waals surface area contributed by atoms with Crippen molar-refractivity contribution in [3.8, 4) is 11.3 Å². The zero-order valence-corrected chi connectivity index (χ0v) is 18.2. The molecule has 0 radical (unpaired) electrons. The Morgan fingerprint density at radius 3 is 2.72 bits per heavy atom. The average molecular weight is 450 g/mol. The van der Waals surface area contributed by atoms with Gasteiger partial charge in [-0.25, -0.2) is 14.4 Å². The minimum Gasteiger partial charge on any atom is -0.446 e. The first kappa shape index (κ1) is 19.4. The van der Waals surface area contributed by atoms with E-state index in [9.17, 15) is 9.18 Å². The van der Waals surface area contributed by atoms with Crippen molar-refractivity contribution in [2.75, 3.05) is 31.1 Å². The maximum Gasteiger partial charge on any atom is 0.257 e. The molecule has 0 saturated carbocycles. The minimum atomic E-state index is -0.505. The monoisotopic (exact) mass is 449 g/mol. The van der Waals surface area contributed by atoms with Crippen molar-refractivity contribution in [3.05, 3.63) is 58.5 Å². The number of nitrogens with zero attached hydrogens (tertiary/aromatic N) is 5. The van der Waals surface area contributed by atoms with Gasteiger partial charge in [0.05, 0.1) is 34.1 Å². The van der Waals surface area contributed by atoms with Crippen LogP contribution >= 0.6 is 11.3 Å². The molecular weight excluding hydrogens is 429 g/mol. The lowest BCUT2D eigenvalue weighted by atomic mass is 10.0. The van der Waals surface area contributed by atoms with Crippen molar-refractivity contribution < 1.29 is 13.6 Å². The van der Waals surface area contributed by atoms with Gasteiger partial charge in [-0.05, 0) is 19.1 Å². The molecule has 2 saturated heterocycles. The molecule has 0 spiro atoms. The summed E-state index contributed by atoms with van der Waals surface area (Å²) < 4.78 is 20.2. The molecule has 2 aliphatic rings. The number of anilines is 1. The van der Waals surface area contributed by atoms with Crippen molar-refractivity contribution in [1.29, 1.82) is 0 Å². The number of benzene rings is 1. The maximum atomic E-state index is 14.8. The van der Waals surface area contributed by atoms with Crippen molar-refractivity contribution in [2.45, 2.75) is 6.92 Å². The number of likely N-dealkylation sites (tertiary alicyclic amines) is 1. The second-order valence-electron chi connectivity index (χ2n) is 8.42. The smallest absolute Gasteiger partial charge is 0.257 e. The predicted molar refractivity (Wildman–Crippen MR) is 119 cm³/mol. The Balaban J connectivity index is 1.22. The lowest BCUT2D eigenvalue weighted by molar-refractivity contribution is 0.0778. The highest BCUT2D eigenvalue weighted by Crippen LogP contribution is 2.35. The number of carbonyl (C=O) groups is 1. The van der Waals surface area contributed by atoms with Gasteiger partial charge >= 0.3 is 0 Å². The molecule has 1 amide bonds. The summed E-state index contributed by atoms with van der Waals surface area (Å²) in [5.41, 5.74) is 4.46. The Kier molecular flexibility index (Phi) is 4.46. The molecule has 5 heterocycles. The maximum absolute atomic E-state index is 14.8. The topological polar surface area (TPSA) is 75.4 Å². The summed E-state index contributed by atoms with van der Waals surface area (Å²) >= 11 is 1.42. The van der Waals surface area contributed by atoms with E-state index < -0.39 is 5.82 Å². The number of rotatable bonds is 3. The molecule has 6 rings (SSSR count). The van der Waals surface area contributed by atoms with Crippen molar-refractivity contribution in [2.24, 2.45) is 11.8 Å². The minimum absolute atomic E-state index is 0.109. The first-order valence-corrected chi connectivity index (χ1v) is 11.5. The van der Waals surface area contributed by atoms with Crippen LogP contribution in [0, 0.1) is 24.6 Å². The first-order chi connectivity index (χ1) is 15.6. The highest BCUT2D eigenvalue weighted by atomic mass is 32.1. The summed E-state index contributed by atoms with van der Waals surface area (Å²) in [6.07, 6.45) is 1.63. The summed E-state index contributed by atoms with van der Waals surface area (Å²) in [7, 11) is 0. The van der Waals surface area contributed by atoms with Crippen LogP contribution in [0.25, 0.3) is 22.4 Å². The van der Waals surface area contributed by atoms with Crippen LogP contribution in [0.1, 0.15) is 16.1 Å². The molecule has 1 aromatic carbocycles. The van der Waals surface area contributed by atoms with E-state index in [2.05, 4.69) is 19.9 Å². The number of aryl methyl sites for hydroxylation is 1. The van der Waals surface area contributed by atoms with Crippen LogP contribution in [0.3, 0.4) is 0 Å². The molecular formula is C23H20FN5O2S. The van der Waals surface area contributed by atoms with Crippen LogP contribution in [-0.2, 0) is 0 Å². The average Bonchev–Trinajstić information content (AvgIpc) is 3.56. The third kappa shape index (κ3) is 3.07. The number of amides is 1. The largest absolute Gasteiger partial charge is 0.446 e. The zero-order chi connectivity index (χ0) is 21.8. The van der Waals surface area contributed by atoms with E-state index in [1.165, 1.54) is 17.4 Å². The van der Waals surface area contributed by atoms with E-state index in [1.807, 2.05) is 18.4 Å². The molecule has 2 fully saturated rings. The molecule has 7 nitrogen and oxygen atoms in total. The number of hydrogen-bond donors (Lipinski definition) is 0. The Bertz CT molecular complexity index is 1310. The summed E-state index contributed by atoms with van der Waals surface area (Å²) in [6, 6.07) is 6.59. The number of hydrogen-bond acceptors (Lipinski definition) is 7. The summed E-state index contributed by atoms with van der Waals surface area (Å²) in [5, 5.41) is 2.76. The van der Waals surface area contributed by atoms with Gasteiger partial charge in [0.25, 0.3) is 5.91 Å². The van der Waals surface area contributed by atoms with Gasteiger partial charge < -0.3 is 14.2 Å². The third-order valence-electron chi connectivity index (χ3n) is 6.50. The van der Waals surface area contributed by atoms with Gasteiger partial charge in [-0.15, -0.1) is 11.3 Å². The van der Waals surface area contributed by atoms with E-state index in [1.54, 1.807) is 28.8 Å². The molecule has 9 heteroatoms. The van der Waals surface area contributed by atoms with Gasteiger partial charge in [-0.1, -0.05) is 12.1 Å². The van der Waals surface area contributed by atoms with Gasteiger partial charge in [0.15, 0.2) is 0 Å². The highest BCUT2D eigenvalue weighted by Gasteiger charge is 2.43. The molecule has 3 aromatic heterocycles. The second-order valence-corrected chi connectivity index (χ2v) is 9.14. The zero-order valence-electron chi connectivity index (χ0n) is 17.4. The summed E-state index contributed by atoms with van der Waals surface area (Å²) in [5.74, 6) is 0.484. The van der Waals surface area contributed by atoms with Gasteiger partial charge in [0, 0.05) is 49.0 Å². The van der Waals surface area contributed by atoms with Crippen LogP contribution in [0.15, 0.2) is 45.8 Å². The molecule has 2 atom stereocenters. The van der Waals surface area contributed by atoms with Crippen LogP contribution in [-0.4, -0.2) is 51.9 Å². The fourth-order valence-electron chi connectivity index (χ4n) is 4.91. The SMILES string of the molecule is Cc1nc(N2C[C@H]3CN(C(=O)c4c(F)cccc4-c4cscn4)C[C@H]3C2)nc2occc12. The number of carbonyl (C=O) groups excluding carboxylic acids is 1. The fraction of sp³-hybridized carbons (Fsp3) is 0.304. The Morgan fingerprint density at radius 1 is 1.16 bits per heavy atom. The number of fused-ring (bicyclic) bond motifs is 2. The van der Waals surface area contributed by atoms with Crippen LogP contribution < -0.4 is 4.90 Å². The van der Waals surface area contributed by atoms with Crippen LogP contribution in [0.4, 0.5) is 10.3 Å². The molecule has 0 unspecified atom stereocenters. The molecule has 0 aliphatic carbocycles. The molecule has 32 heavy (non-hydrogen) atoms. The first-order valence-electron chi connectivity index (χ1n) is 10.5. The summed E-state index contributed by atoms with van der Waals surface area (Å²) in [4.78, 5) is 30.8. The normalized spacial score (nSPS) is 20.3. The van der Waals surface area contributed by atoms with Crippen molar-refractivity contribution >= 4 is 34.3 Å².